The molecule has 1 aliphatic heterocycles. The minimum atomic E-state index is -0.443. The van der Waals surface area contributed by atoms with Crippen molar-refractivity contribution in [2.75, 3.05) is 18.0 Å². The van der Waals surface area contributed by atoms with Gasteiger partial charge < -0.3 is 14.7 Å². The van der Waals surface area contributed by atoms with E-state index in [1.807, 2.05) is 25.1 Å². The number of hydrogen-bond acceptors (Lipinski definition) is 6. The van der Waals surface area contributed by atoms with Gasteiger partial charge in [0.1, 0.15) is 16.9 Å². The van der Waals surface area contributed by atoms with Gasteiger partial charge in [0.15, 0.2) is 0 Å². The molecule has 1 saturated carbocycles. The molecule has 128 valence electrons. The Morgan fingerprint density at radius 2 is 2.04 bits per heavy atom. The van der Waals surface area contributed by atoms with E-state index in [1.165, 1.54) is 0 Å². The standard InChI is InChI=1S/C17H20ClN3O2S/c1-10-19-20-17(24-10)21-8-11-5-15(22)16(6-12(11)9-21)23-14-4-2-3-13(18)7-14/h2-4,7,11-12,15-16,22H,5-6,8-9H2,1H3/t11-,12+,15+,16+/m0/s1. The molecule has 7 heteroatoms. The number of aliphatic hydroxyl groups is 1. The van der Waals surface area contributed by atoms with Gasteiger partial charge in [-0.05, 0) is 49.8 Å². The summed E-state index contributed by atoms with van der Waals surface area (Å²) in [5.41, 5.74) is 0. The highest BCUT2D eigenvalue weighted by Gasteiger charge is 2.43. The van der Waals surface area contributed by atoms with Gasteiger partial charge in [0.2, 0.25) is 5.13 Å². The number of aryl methyl sites for hydroxylation is 1. The molecule has 5 nitrogen and oxygen atoms in total. The summed E-state index contributed by atoms with van der Waals surface area (Å²) >= 11 is 7.65. The van der Waals surface area contributed by atoms with Crippen LogP contribution in [0.5, 0.6) is 5.75 Å². The summed E-state index contributed by atoms with van der Waals surface area (Å²) in [5.74, 6) is 1.73. The van der Waals surface area contributed by atoms with Crippen molar-refractivity contribution in [2.24, 2.45) is 11.8 Å². The lowest BCUT2D eigenvalue weighted by Gasteiger charge is -2.35. The Balaban J connectivity index is 1.44. The van der Waals surface area contributed by atoms with Crippen LogP contribution in [0.4, 0.5) is 5.13 Å². The zero-order chi connectivity index (χ0) is 16.7. The molecule has 0 spiro atoms. The fourth-order valence-electron chi connectivity index (χ4n) is 3.80. The Morgan fingerprint density at radius 3 is 2.75 bits per heavy atom. The summed E-state index contributed by atoms with van der Waals surface area (Å²) in [4.78, 5) is 2.30. The van der Waals surface area contributed by atoms with Gasteiger partial charge in [-0.2, -0.15) is 0 Å². The second-order valence-electron chi connectivity index (χ2n) is 6.68. The minimum absolute atomic E-state index is 0.180. The number of aromatic nitrogens is 2. The lowest BCUT2D eigenvalue weighted by molar-refractivity contribution is -0.0231. The Bertz CT molecular complexity index is 725. The highest BCUT2D eigenvalue weighted by Crippen LogP contribution is 2.40. The number of aliphatic hydroxyl groups excluding tert-OH is 1. The number of nitrogens with zero attached hydrogens (tertiary/aromatic N) is 3. The number of ether oxygens (including phenoxy) is 1. The fourth-order valence-corrected chi connectivity index (χ4v) is 4.69. The van der Waals surface area contributed by atoms with Gasteiger partial charge in [0, 0.05) is 18.1 Å². The van der Waals surface area contributed by atoms with Crippen LogP contribution < -0.4 is 9.64 Å². The molecule has 0 unspecified atom stereocenters. The number of hydrogen-bond donors (Lipinski definition) is 1. The molecule has 0 bridgehead atoms. The molecule has 4 rings (SSSR count). The maximum Gasteiger partial charge on any atom is 0.208 e. The summed E-state index contributed by atoms with van der Waals surface area (Å²) in [5, 5.41) is 21.5. The van der Waals surface area contributed by atoms with Gasteiger partial charge in [0.25, 0.3) is 0 Å². The molecule has 1 aromatic carbocycles. The van der Waals surface area contributed by atoms with Crippen LogP contribution in [0.2, 0.25) is 5.02 Å². The molecule has 0 amide bonds. The molecule has 1 aliphatic carbocycles. The van der Waals surface area contributed by atoms with E-state index in [4.69, 9.17) is 16.3 Å². The smallest absolute Gasteiger partial charge is 0.208 e. The Labute approximate surface area is 150 Å². The maximum absolute atomic E-state index is 10.5. The third-order valence-corrected chi connectivity index (χ3v) is 6.09. The maximum atomic E-state index is 10.5. The average Bonchev–Trinajstić information content (AvgIpc) is 3.13. The monoisotopic (exact) mass is 365 g/mol. The molecular formula is C17H20ClN3O2S. The van der Waals surface area contributed by atoms with Gasteiger partial charge in [-0.25, -0.2) is 0 Å². The molecule has 2 heterocycles. The first-order valence-corrected chi connectivity index (χ1v) is 9.43. The van der Waals surface area contributed by atoms with E-state index in [1.54, 1.807) is 17.4 Å². The van der Waals surface area contributed by atoms with E-state index in [0.717, 1.165) is 41.8 Å². The van der Waals surface area contributed by atoms with Gasteiger partial charge in [-0.3, -0.25) is 0 Å². The van der Waals surface area contributed by atoms with Crippen LogP contribution in [0.1, 0.15) is 17.8 Å². The Morgan fingerprint density at radius 1 is 1.25 bits per heavy atom. The first kappa shape index (κ1) is 16.1. The van der Waals surface area contributed by atoms with Crippen LogP contribution in [0, 0.1) is 18.8 Å². The zero-order valence-electron chi connectivity index (χ0n) is 13.4. The number of benzene rings is 1. The van der Waals surface area contributed by atoms with E-state index in [2.05, 4.69) is 15.1 Å². The summed E-state index contributed by atoms with van der Waals surface area (Å²) in [6.07, 6.45) is 0.999. The highest BCUT2D eigenvalue weighted by atomic mass is 35.5. The fraction of sp³-hybridized carbons (Fsp3) is 0.529. The normalized spacial score (nSPS) is 29.5. The summed E-state index contributed by atoms with van der Waals surface area (Å²) in [7, 11) is 0. The number of halogens is 1. The molecule has 2 aliphatic rings. The van der Waals surface area contributed by atoms with Gasteiger partial charge in [0.05, 0.1) is 6.10 Å². The van der Waals surface area contributed by atoms with Crippen molar-refractivity contribution in [1.82, 2.24) is 10.2 Å². The summed E-state index contributed by atoms with van der Waals surface area (Å²) in [6.45, 7) is 3.88. The van der Waals surface area contributed by atoms with Crippen LogP contribution in [-0.2, 0) is 0 Å². The SMILES string of the molecule is Cc1nnc(N2C[C@H]3C[C@@H](Oc4cccc(Cl)c4)[C@H](O)C[C@H]3C2)s1. The molecule has 4 atom stereocenters. The van der Waals surface area contributed by atoms with Gasteiger partial charge in [-0.15, -0.1) is 10.2 Å². The third kappa shape index (κ3) is 3.23. The van der Waals surface area contributed by atoms with Crippen molar-refractivity contribution in [1.29, 1.82) is 0 Å². The van der Waals surface area contributed by atoms with Crippen LogP contribution in [-0.4, -0.2) is 40.6 Å². The van der Waals surface area contributed by atoms with Crippen LogP contribution >= 0.6 is 22.9 Å². The topological polar surface area (TPSA) is 58.5 Å². The number of rotatable bonds is 3. The minimum Gasteiger partial charge on any atom is -0.488 e. The second-order valence-corrected chi connectivity index (χ2v) is 8.28. The molecule has 2 fully saturated rings. The number of fused-ring (bicyclic) bond motifs is 1. The highest BCUT2D eigenvalue weighted by molar-refractivity contribution is 7.15. The Kier molecular flexibility index (Phi) is 4.37. The van der Waals surface area contributed by atoms with Crippen LogP contribution in [0.15, 0.2) is 24.3 Å². The quantitative estimate of drug-likeness (QED) is 0.905. The molecule has 0 radical (unpaired) electrons. The Hall–Kier alpha value is -1.37. The lowest BCUT2D eigenvalue weighted by atomic mass is 9.78. The van der Waals surface area contributed by atoms with E-state index in [0.29, 0.717) is 16.9 Å². The number of anilines is 1. The van der Waals surface area contributed by atoms with Gasteiger partial charge >= 0.3 is 0 Å². The molecule has 24 heavy (non-hydrogen) atoms. The van der Waals surface area contributed by atoms with Crippen molar-refractivity contribution in [3.63, 3.8) is 0 Å². The molecule has 2 aromatic rings. The average molecular weight is 366 g/mol. The van der Waals surface area contributed by atoms with E-state index >= 15 is 0 Å². The van der Waals surface area contributed by atoms with Gasteiger partial charge in [-0.1, -0.05) is 29.0 Å². The molecule has 1 aromatic heterocycles. The first-order chi connectivity index (χ1) is 11.6. The predicted molar refractivity (Wildman–Crippen MR) is 94.9 cm³/mol. The van der Waals surface area contributed by atoms with Crippen molar-refractivity contribution < 1.29 is 9.84 Å². The first-order valence-electron chi connectivity index (χ1n) is 8.24. The van der Waals surface area contributed by atoms with E-state index in [-0.39, 0.29) is 6.10 Å². The predicted octanol–water partition coefficient (Wildman–Crippen LogP) is 3.15. The van der Waals surface area contributed by atoms with E-state index < -0.39 is 6.10 Å². The summed E-state index contributed by atoms with van der Waals surface area (Å²) in [6, 6.07) is 7.37. The van der Waals surface area contributed by atoms with Crippen molar-refractivity contribution in [3.05, 3.63) is 34.3 Å². The zero-order valence-corrected chi connectivity index (χ0v) is 15.0. The van der Waals surface area contributed by atoms with Crippen molar-refractivity contribution >= 4 is 28.1 Å². The van der Waals surface area contributed by atoms with Crippen LogP contribution in [0.3, 0.4) is 0 Å². The molecule has 1 N–H and O–H groups in total. The third-order valence-electron chi connectivity index (χ3n) is 4.95. The second kappa shape index (κ2) is 6.50. The van der Waals surface area contributed by atoms with E-state index in [9.17, 15) is 5.11 Å². The summed E-state index contributed by atoms with van der Waals surface area (Å²) < 4.78 is 6.02. The van der Waals surface area contributed by atoms with Crippen LogP contribution in [0.25, 0.3) is 0 Å². The van der Waals surface area contributed by atoms with Crippen molar-refractivity contribution in [3.8, 4) is 5.75 Å². The molecule has 1 saturated heterocycles. The largest absolute Gasteiger partial charge is 0.488 e. The lowest BCUT2D eigenvalue weighted by Crippen LogP contribution is -2.42. The van der Waals surface area contributed by atoms with Crippen molar-refractivity contribution in [2.45, 2.75) is 32.0 Å². The molecular weight excluding hydrogens is 346 g/mol.